The molecule has 2 amide bonds. The monoisotopic (exact) mass is 449 g/mol. The molecule has 1 saturated heterocycles. The molecule has 3 aromatic rings. The number of benzene rings is 1. The van der Waals surface area contributed by atoms with Gasteiger partial charge in [-0.15, -0.1) is 5.10 Å². The van der Waals surface area contributed by atoms with Gasteiger partial charge >= 0.3 is 0 Å². The average Bonchev–Trinajstić information content (AvgIpc) is 3.48. The number of nitrogens with one attached hydrogen (secondary N) is 1. The van der Waals surface area contributed by atoms with Crippen LogP contribution in [0.5, 0.6) is 0 Å². The van der Waals surface area contributed by atoms with E-state index in [1.807, 2.05) is 32.0 Å². The van der Waals surface area contributed by atoms with Gasteiger partial charge in [0.2, 0.25) is 5.91 Å². The number of hydrogen-bond donors (Lipinski definition) is 1. The van der Waals surface area contributed by atoms with E-state index in [-0.39, 0.29) is 11.8 Å². The van der Waals surface area contributed by atoms with Crippen molar-refractivity contribution >= 4 is 23.3 Å². The van der Waals surface area contributed by atoms with Crippen molar-refractivity contribution in [3.8, 4) is 11.1 Å². The van der Waals surface area contributed by atoms with Crippen molar-refractivity contribution in [1.82, 2.24) is 24.8 Å². The molecular formula is C24H27N5O2S. The van der Waals surface area contributed by atoms with E-state index in [1.165, 1.54) is 0 Å². The van der Waals surface area contributed by atoms with Crippen LogP contribution in [0.4, 0.5) is 0 Å². The summed E-state index contributed by atoms with van der Waals surface area (Å²) in [5.74, 6) is -0.0729. The van der Waals surface area contributed by atoms with E-state index in [0.29, 0.717) is 43.8 Å². The summed E-state index contributed by atoms with van der Waals surface area (Å²) in [6.07, 6.45) is 5.41. The largest absolute Gasteiger partial charge is 0.356 e. The molecule has 0 spiro atoms. The predicted octanol–water partition coefficient (Wildman–Crippen LogP) is 3.37. The third kappa shape index (κ3) is 4.41. The van der Waals surface area contributed by atoms with Crippen molar-refractivity contribution in [2.75, 3.05) is 19.6 Å². The van der Waals surface area contributed by atoms with Gasteiger partial charge in [0.05, 0.1) is 11.1 Å². The summed E-state index contributed by atoms with van der Waals surface area (Å²) in [7, 11) is 0. The fraction of sp³-hybridized carbons (Fsp3) is 0.375. The van der Waals surface area contributed by atoms with E-state index < -0.39 is 5.41 Å². The highest BCUT2D eigenvalue weighted by Gasteiger charge is 2.46. The maximum atomic E-state index is 13.2. The third-order valence-corrected chi connectivity index (χ3v) is 6.78. The average molecular weight is 450 g/mol. The van der Waals surface area contributed by atoms with Gasteiger partial charge in [0.1, 0.15) is 4.88 Å². The van der Waals surface area contributed by atoms with Crippen molar-refractivity contribution < 1.29 is 9.59 Å². The molecule has 1 fully saturated rings. The van der Waals surface area contributed by atoms with E-state index >= 15 is 0 Å². The molecule has 2 aromatic heterocycles. The lowest BCUT2D eigenvalue weighted by Gasteiger charge is -2.28. The summed E-state index contributed by atoms with van der Waals surface area (Å²) < 4.78 is 3.95. The molecule has 32 heavy (non-hydrogen) atoms. The number of likely N-dealkylation sites (tertiary alicyclic amines) is 1. The number of hydrogen-bond acceptors (Lipinski definition) is 6. The number of aromatic nitrogens is 3. The zero-order valence-electron chi connectivity index (χ0n) is 18.4. The molecule has 3 heterocycles. The molecule has 1 atom stereocenters. The fourth-order valence-corrected chi connectivity index (χ4v) is 5.06. The van der Waals surface area contributed by atoms with Crippen LogP contribution in [-0.2, 0) is 17.6 Å². The molecule has 1 aliphatic rings. The second-order valence-electron chi connectivity index (χ2n) is 8.13. The summed E-state index contributed by atoms with van der Waals surface area (Å²) in [4.78, 5) is 32.9. The zero-order valence-corrected chi connectivity index (χ0v) is 19.2. The SMILES string of the molecule is CCNC(=O)[C@]1(Cc2cccc(-c3ccncc3)c2)CCN(C(=O)c2snnc2CC)C1. The molecular weight excluding hydrogens is 422 g/mol. The lowest BCUT2D eigenvalue weighted by molar-refractivity contribution is -0.130. The van der Waals surface area contributed by atoms with Crippen molar-refractivity contribution in [2.24, 2.45) is 5.41 Å². The van der Waals surface area contributed by atoms with Crippen LogP contribution in [0.25, 0.3) is 11.1 Å². The molecule has 0 unspecified atom stereocenters. The molecule has 7 nitrogen and oxygen atoms in total. The van der Waals surface area contributed by atoms with Crippen LogP contribution in [0.2, 0.25) is 0 Å². The van der Waals surface area contributed by atoms with E-state index in [0.717, 1.165) is 33.9 Å². The van der Waals surface area contributed by atoms with Gasteiger partial charge in [0.25, 0.3) is 5.91 Å². The first kappa shape index (κ1) is 22.1. The molecule has 8 heteroatoms. The Hall–Kier alpha value is -3.13. The number of carbonyl (C=O) groups is 2. The predicted molar refractivity (Wildman–Crippen MR) is 124 cm³/mol. The van der Waals surface area contributed by atoms with E-state index in [9.17, 15) is 9.59 Å². The van der Waals surface area contributed by atoms with E-state index in [4.69, 9.17) is 0 Å². The fourth-order valence-electron chi connectivity index (χ4n) is 4.35. The molecule has 1 aromatic carbocycles. The minimum absolute atomic E-state index is 0.00255. The summed E-state index contributed by atoms with van der Waals surface area (Å²) in [6.45, 7) is 5.37. The second-order valence-corrected chi connectivity index (χ2v) is 8.89. The van der Waals surface area contributed by atoms with Gasteiger partial charge in [-0.25, -0.2) is 0 Å². The molecule has 0 aliphatic carbocycles. The van der Waals surface area contributed by atoms with E-state index in [2.05, 4.69) is 38.1 Å². The van der Waals surface area contributed by atoms with Gasteiger partial charge in [-0.05, 0) is 66.5 Å². The van der Waals surface area contributed by atoms with Crippen molar-refractivity contribution in [3.05, 3.63) is 64.9 Å². The van der Waals surface area contributed by atoms with Gasteiger partial charge in [-0.2, -0.15) is 0 Å². The Labute approximate surface area is 192 Å². The van der Waals surface area contributed by atoms with Gasteiger partial charge in [-0.1, -0.05) is 35.7 Å². The molecule has 1 N–H and O–H groups in total. The first-order chi connectivity index (χ1) is 15.6. The van der Waals surface area contributed by atoms with E-state index in [1.54, 1.807) is 17.3 Å². The van der Waals surface area contributed by atoms with Crippen LogP contribution < -0.4 is 5.32 Å². The molecule has 0 saturated carbocycles. The van der Waals surface area contributed by atoms with Gasteiger partial charge in [-0.3, -0.25) is 14.6 Å². The summed E-state index contributed by atoms with van der Waals surface area (Å²) >= 11 is 1.13. The maximum Gasteiger partial charge on any atom is 0.267 e. The third-order valence-electron chi connectivity index (χ3n) is 6.03. The standard InChI is InChI=1S/C24H27N5O2S/c1-3-20-21(32-28-27-20)22(30)29-13-10-24(16-29,23(31)26-4-2)15-17-6-5-7-19(14-17)18-8-11-25-12-9-18/h5-9,11-12,14H,3-4,10,13,15-16H2,1-2H3,(H,26,31)/t24-/m0/s1. The molecule has 1 aliphatic heterocycles. The zero-order chi connectivity index (χ0) is 22.6. The number of rotatable bonds is 7. The van der Waals surface area contributed by atoms with Crippen molar-refractivity contribution in [3.63, 3.8) is 0 Å². The van der Waals surface area contributed by atoms with Crippen LogP contribution in [0.1, 0.15) is 41.2 Å². The smallest absolute Gasteiger partial charge is 0.267 e. The summed E-state index contributed by atoms with van der Waals surface area (Å²) in [5.41, 5.74) is 3.31. The number of carbonyl (C=O) groups excluding carboxylic acids is 2. The Kier molecular flexibility index (Phi) is 6.60. The lowest BCUT2D eigenvalue weighted by atomic mass is 9.79. The van der Waals surface area contributed by atoms with Crippen LogP contribution in [0.3, 0.4) is 0 Å². The van der Waals surface area contributed by atoms with Crippen LogP contribution in [-0.4, -0.2) is 50.9 Å². The van der Waals surface area contributed by atoms with Gasteiger partial charge in [0.15, 0.2) is 0 Å². The minimum atomic E-state index is -0.660. The number of pyridine rings is 1. The Balaban J connectivity index is 1.60. The Morgan fingerprint density at radius 2 is 1.97 bits per heavy atom. The quantitative estimate of drug-likeness (QED) is 0.597. The number of aryl methyl sites for hydroxylation is 1. The Bertz CT molecular complexity index is 1100. The van der Waals surface area contributed by atoms with Crippen molar-refractivity contribution in [2.45, 2.75) is 33.1 Å². The molecule has 166 valence electrons. The topological polar surface area (TPSA) is 88.1 Å². The Morgan fingerprint density at radius 3 is 2.72 bits per heavy atom. The number of nitrogens with zero attached hydrogens (tertiary/aromatic N) is 4. The van der Waals surface area contributed by atoms with Gasteiger partial charge in [0, 0.05) is 32.0 Å². The minimum Gasteiger partial charge on any atom is -0.356 e. The van der Waals surface area contributed by atoms with Crippen LogP contribution in [0.15, 0.2) is 48.8 Å². The highest BCUT2D eigenvalue weighted by atomic mass is 32.1. The molecule has 4 rings (SSSR count). The van der Waals surface area contributed by atoms with Crippen LogP contribution >= 0.6 is 11.5 Å². The van der Waals surface area contributed by atoms with Crippen LogP contribution in [0, 0.1) is 5.41 Å². The Morgan fingerprint density at radius 1 is 1.16 bits per heavy atom. The first-order valence-electron chi connectivity index (χ1n) is 10.9. The lowest BCUT2D eigenvalue weighted by Crippen LogP contribution is -2.45. The van der Waals surface area contributed by atoms with Gasteiger partial charge < -0.3 is 10.2 Å². The summed E-state index contributed by atoms with van der Waals surface area (Å²) in [6, 6.07) is 12.2. The summed E-state index contributed by atoms with van der Waals surface area (Å²) in [5, 5.41) is 7.08. The number of amides is 2. The maximum absolute atomic E-state index is 13.2. The molecule has 0 radical (unpaired) electrons. The second kappa shape index (κ2) is 9.56. The normalized spacial score (nSPS) is 18.0. The highest BCUT2D eigenvalue weighted by Crippen LogP contribution is 2.36. The highest BCUT2D eigenvalue weighted by molar-refractivity contribution is 7.08. The van der Waals surface area contributed by atoms with Crippen molar-refractivity contribution in [1.29, 1.82) is 0 Å². The molecule has 0 bridgehead atoms. The first-order valence-corrected chi connectivity index (χ1v) is 11.7.